The average Bonchev–Trinajstić information content (AvgIpc) is 2.15. The maximum absolute atomic E-state index is 11.8. The second-order valence-electron chi connectivity index (χ2n) is 3.55. The fraction of sp³-hybridized carbons (Fsp3) is 0.333. The van der Waals surface area contributed by atoms with Crippen LogP contribution in [-0.2, 0) is 20.1 Å². The van der Waals surface area contributed by atoms with Gasteiger partial charge in [0.15, 0.2) is 0 Å². The Kier molecular flexibility index (Phi) is 6.31. The molecule has 0 N–H and O–H groups in total. The van der Waals surface area contributed by atoms with Crippen molar-refractivity contribution in [3.05, 3.63) is 24.3 Å². The van der Waals surface area contributed by atoms with Crippen LogP contribution in [0.1, 0.15) is 0 Å². The normalized spacial score (nSPS) is 12.0. The van der Waals surface area contributed by atoms with Crippen LogP contribution in [0.5, 0.6) is 5.75 Å². The molecule has 0 amide bonds. The second-order valence-corrected chi connectivity index (χ2v) is 7.28. The molecule has 1 aromatic carbocycles. The van der Waals surface area contributed by atoms with E-state index < -0.39 is 20.1 Å². The molecule has 0 aliphatic carbocycles. The molecule has 0 bridgehead atoms. The van der Waals surface area contributed by atoms with Gasteiger partial charge in [-0.15, -0.1) is 0 Å². The summed E-state index contributed by atoms with van der Waals surface area (Å²) in [5.74, 6) is -0.0320. The summed E-state index contributed by atoms with van der Waals surface area (Å²) in [5.41, 5.74) is 0. The molecule has 0 aliphatic rings. The van der Waals surface area contributed by atoms with Gasteiger partial charge in [-0.1, -0.05) is 6.07 Å². The summed E-state index contributed by atoms with van der Waals surface area (Å²) < 4.78 is 51.0. The zero-order chi connectivity index (χ0) is 13.3. The van der Waals surface area contributed by atoms with E-state index in [2.05, 4.69) is 4.18 Å². The van der Waals surface area contributed by atoms with Gasteiger partial charge in [0, 0.05) is 20.2 Å². The number of hydrogen-bond acceptors (Lipinski definition) is 5. The third-order valence-electron chi connectivity index (χ3n) is 1.83. The van der Waals surface area contributed by atoms with Gasteiger partial charge in [0.1, 0.15) is 5.75 Å². The summed E-state index contributed by atoms with van der Waals surface area (Å²) in [6, 6.07) is 5.31. The van der Waals surface area contributed by atoms with Gasteiger partial charge in [-0.05, 0) is 12.1 Å². The number of benzene rings is 1. The Balaban J connectivity index is 0.00000289. The number of rotatable bonds is 4. The zero-order valence-corrected chi connectivity index (χ0v) is 11.2. The van der Waals surface area contributed by atoms with Crippen molar-refractivity contribution >= 4 is 49.7 Å². The van der Waals surface area contributed by atoms with Crippen molar-refractivity contribution < 1.29 is 21.0 Å². The third kappa shape index (κ3) is 4.87. The summed E-state index contributed by atoms with van der Waals surface area (Å²) in [6.45, 7) is 0. The molecule has 18 heavy (non-hydrogen) atoms. The van der Waals surface area contributed by atoms with E-state index in [1.165, 1.54) is 32.3 Å². The SMILES string of the molecule is CN(C)S(=O)(=O)c1cccc(OS(C)(=O)=O)c1.[NaH]. The Labute approximate surface area is 129 Å². The Morgan fingerprint density at radius 3 is 2.11 bits per heavy atom. The number of hydrogen-bond donors (Lipinski definition) is 0. The van der Waals surface area contributed by atoms with E-state index in [-0.39, 0.29) is 40.2 Å². The third-order valence-corrected chi connectivity index (χ3v) is 4.14. The van der Waals surface area contributed by atoms with Crippen LogP contribution in [0.4, 0.5) is 0 Å². The summed E-state index contributed by atoms with van der Waals surface area (Å²) >= 11 is 0. The monoisotopic (exact) mass is 303 g/mol. The predicted octanol–water partition coefficient (Wildman–Crippen LogP) is -0.373. The topological polar surface area (TPSA) is 80.8 Å². The van der Waals surface area contributed by atoms with Crippen molar-refractivity contribution in [2.45, 2.75) is 4.90 Å². The average molecular weight is 303 g/mol. The Bertz CT molecular complexity index is 610. The number of nitrogens with zero attached hydrogens (tertiary/aromatic N) is 1. The van der Waals surface area contributed by atoms with Crippen LogP contribution >= 0.6 is 0 Å². The van der Waals surface area contributed by atoms with E-state index in [4.69, 9.17) is 0 Å². The van der Waals surface area contributed by atoms with Gasteiger partial charge >= 0.3 is 39.7 Å². The van der Waals surface area contributed by atoms with E-state index in [9.17, 15) is 16.8 Å². The molecule has 1 rings (SSSR count). The molecule has 98 valence electrons. The zero-order valence-electron chi connectivity index (χ0n) is 9.61. The number of sulfonamides is 1. The first-order valence-electron chi connectivity index (χ1n) is 4.55. The molecule has 0 atom stereocenters. The fourth-order valence-electron chi connectivity index (χ4n) is 1.07. The standard InChI is InChI=1S/C9H13NO5S2.Na.H/c1-10(2)17(13,14)9-6-4-5-8(7-9)15-16(3,11)12;;/h4-7H,1-3H3;;. The van der Waals surface area contributed by atoms with Gasteiger partial charge in [-0.2, -0.15) is 8.42 Å². The molecule has 0 unspecified atom stereocenters. The minimum absolute atomic E-state index is 0. The van der Waals surface area contributed by atoms with Gasteiger partial charge in [0.05, 0.1) is 11.2 Å². The molecular formula is C9H14NNaO5S2. The minimum atomic E-state index is -3.67. The van der Waals surface area contributed by atoms with Gasteiger partial charge < -0.3 is 4.18 Å². The van der Waals surface area contributed by atoms with Crippen LogP contribution in [0, 0.1) is 0 Å². The molecule has 0 saturated carbocycles. The van der Waals surface area contributed by atoms with Gasteiger partial charge in [-0.3, -0.25) is 0 Å². The molecule has 0 radical (unpaired) electrons. The van der Waals surface area contributed by atoms with Crippen molar-refractivity contribution in [1.29, 1.82) is 0 Å². The Hall–Kier alpha value is -0.120. The molecule has 0 heterocycles. The first-order chi connectivity index (χ1) is 7.63. The van der Waals surface area contributed by atoms with E-state index in [0.717, 1.165) is 16.6 Å². The predicted molar refractivity (Wildman–Crippen MR) is 69.9 cm³/mol. The van der Waals surface area contributed by atoms with Crippen LogP contribution in [-0.4, -0.2) is 71.0 Å². The van der Waals surface area contributed by atoms with E-state index >= 15 is 0 Å². The molecule has 0 saturated heterocycles. The summed E-state index contributed by atoms with van der Waals surface area (Å²) in [6.07, 6.45) is 0.889. The van der Waals surface area contributed by atoms with Crippen LogP contribution < -0.4 is 4.18 Å². The molecule has 1 aromatic rings. The summed E-state index contributed by atoms with van der Waals surface area (Å²) in [7, 11) is -4.49. The molecule has 0 aromatic heterocycles. The van der Waals surface area contributed by atoms with Crippen LogP contribution in [0.2, 0.25) is 0 Å². The van der Waals surface area contributed by atoms with Crippen LogP contribution in [0.25, 0.3) is 0 Å². The van der Waals surface area contributed by atoms with Crippen molar-refractivity contribution in [1.82, 2.24) is 4.31 Å². The summed E-state index contributed by atoms with van der Waals surface area (Å²) in [4.78, 5) is -0.0244. The van der Waals surface area contributed by atoms with Gasteiger partial charge in [-0.25, -0.2) is 12.7 Å². The maximum atomic E-state index is 11.8. The first-order valence-corrected chi connectivity index (χ1v) is 7.80. The van der Waals surface area contributed by atoms with Crippen molar-refractivity contribution in [3.63, 3.8) is 0 Å². The van der Waals surface area contributed by atoms with Crippen molar-refractivity contribution in [2.24, 2.45) is 0 Å². The quantitative estimate of drug-likeness (QED) is 0.560. The van der Waals surface area contributed by atoms with Crippen LogP contribution in [0.3, 0.4) is 0 Å². The fourth-order valence-corrected chi connectivity index (χ4v) is 2.46. The van der Waals surface area contributed by atoms with Crippen LogP contribution in [0.15, 0.2) is 29.2 Å². The molecular weight excluding hydrogens is 289 g/mol. The summed E-state index contributed by atoms with van der Waals surface area (Å²) in [5, 5.41) is 0. The molecule has 0 spiro atoms. The molecule has 6 nitrogen and oxygen atoms in total. The van der Waals surface area contributed by atoms with Gasteiger partial charge in [0.2, 0.25) is 10.0 Å². The second kappa shape index (κ2) is 6.36. The van der Waals surface area contributed by atoms with Gasteiger partial charge in [0.25, 0.3) is 0 Å². The van der Waals surface area contributed by atoms with E-state index in [0.29, 0.717) is 0 Å². The van der Waals surface area contributed by atoms with Crippen molar-refractivity contribution in [2.75, 3.05) is 20.4 Å². The van der Waals surface area contributed by atoms with Crippen molar-refractivity contribution in [3.8, 4) is 5.75 Å². The molecule has 9 heteroatoms. The molecule has 0 fully saturated rings. The Morgan fingerprint density at radius 2 is 1.67 bits per heavy atom. The molecule has 0 aliphatic heterocycles. The first kappa shape index (κ1) is 17.9. The Morgan fingerprint density at radius 1 is 1.11 bits per heavy atom. The van der Waals surface area contributed by atoms with E-state index in [1.54, 1.807) is 0 Å². The van der Waals surface area contributed by atoms with E-state index in [1.807, 2.05) is 0 Å².